The largest absolute Gasteiger partial charge is 0.0958 e. The number of hydrogen-bond acceptors (Lipinski definition) is 0. The summed E-state index contributed by atoms with van der Waals surface area (Å²) >= 11 is 0. The standard InChI is InChI=1S/C32H48/c1-7-11-23(5)12-13-25(8-2)28-16-17-29-27-15-14-26-22-24(6)18-20-31(26,9-3)30(27)19-21-32(28,29)10-4/h12-15,22-23,25,28,30H,6-11,16-21H2,1-5H3/b13-12+/t23-,25+,28+,30+,31-,32+/m1/s1. The molecule has 0 aromatic rings. The van der Waals surface area contributed by atoms with Crippen LogP contribution in [-0.2, 0) is 0 Å². The summed E-state index contributed by atoms with van der Waals surface area (Å²) in [6.45, 7) is 16.4. The molecule has 0 saturated heterocycles. The van der Waals surface area contributed by atoms with E-state index in [2.05, 4.69) is 71.6 Å². The Kier molecular flexibility index (Phi) is 7.09. The normalized spacial score (nSPS) is 36.0. The first-order valence-electron chi connectivity index (χ1n) is 14.0. The molecule has 4 aliphatic rings. The Morgan fingerprint density at radius 3 is 2.47 bits per heavy atom. The zero-order valence-electron chi connectivity index (χ0n) is 21.7. The Morgan fingerprint density at radius 2 is 1.78 bits per heavy atom. The third kappa shape index (κ3) is 3.74. The van der Waals surface area contributed by atoms with Crippen LogP contribution in [0.5, 0.6) is 0 Å². The monoisotopic (exact) mass is 432 g/mol. The van der Waals surface area contributed by atoms with Crippen molar-refractivity contribution in [3.8, 4) is 0 Å². The Morgan fingerprint density at radius 1 is 1.00 bits per heavy atom. The molecule has 32 heavy (non-hydrogen) atoms. The van der Waals surface area contributed by atoms with Gasteiger partial charge < -0.3 is 0 Å². The first kappa shape index (κ1) is 23.8. The highest BCUT2D eigenvalue weighted by Gasteiger charge is 2.55. The molecular formula is C32H48. The lowest BCUT2D eigenvalue weighted by atomic mass is 9.51. The van der Waals surface area contributed by atoms with Crippen molar-refractivity contribution in [2.75, 3.05) is 0 Å². The van der Waals surface area contributed by atoms with Gasteiger partial charge in [-0.3, -0.25) is 0 Å². The molecule has 0 radical (unpaired) electrons. The number of fused-ring (bicyclic) bond motifs is 4. The third-order valence-corrected chi connectivity index (χ3v) is 10.2. The van der Waals surface area contributed by atoms with Crippen molar-refractivity contribution in [1.29, 1.82) is 0 Å². The van der Waals surface area contributed by atoms with Gasteiger partial charge >= 0.3 is 0 Å². The van der Waals surface area contributed by atoms with Crippen molar-refractivity contribution < 1.29 is 0 Å². The Hall–Kier alpha value is -1.30. The molecule has 176 valence electrons. The number of rotatable bonds is 8. The molecule has 6 atom stereocenters. The maximum atomic E-state index is 4.30. The lowest BCUT2D eigenvalue weighted by Crippen LogP contribution is -2.43. The Balaban J connectivity index is 1.71. The predicted octanol–water partition coefficient (Wildman–Crippen LogP) is 9.76. The van der Waals surface area contributed by atoms with E-state index in [4.69, 9.17) is 0 Å². The van der Waals surface area contributed by atoms with Gasteiger partial charge in [0, 0.05) is 5.41 Å². The van der Waals surface area contributed by atoms with E-state index in [1.54, 1.807) is 11.1 Å². The molecule has 4 rings (SSSR count). The summed E-state index contributed by atoms with van der Waals surface area (Å²) in [5.41, 5.74) is 7.38. The van der Waals surface area contributed by atoms with E-state index in [-0.39, 0.29) is 0 Å². The van der Waals surface area contributed by atoms with Gasteiger partial charge in [0.2, 0.25) is 0 Å². The highest BCUT2D eigenvalue weighted by Crippen LogP contribution is 2.66. The van der Waals surface area contributed by atoms with Gasteiger partial charge in [-0.05, 0) is 104 Å². The third-order valence-electron chi connectivity index (χ3n) is 10.2. The SMILES string of the molecule is C=C1C=C2C=CC3=C4CC[C@@H]([C@H](/C=C/[C@H](C)CCC)CC)[C@]4(CC)CC[C@@H]3[C@]2(CC)CC1. The Bertz CT molecular complexity index is 832. The van der Waals surface area contributed by atoms with E-state index in [0.29, 0.717) is 10.8 Å². The highest BCUT2D eigenvalue weighted by molar-refractivity contribution is 5.51. The molecule has 0 heterocycles. The van der Waals surface area contributed by atoms with Gasteiger partial charge in [-0.15, -0.1) is 0 Å². The molecule has 0 bridgehead atoms. The molecule has 0 unspecified atom stereocenters. The van der Waals surface area contributed by atoms with Gasteiger partial charge in [-0.1, -0.05) is 89.1 Å². The van der Waals surface area contributed by atoms with Crippen molar-refractivity contribution >= 4 is 0 Å². The average Bonchev–Trinajstić information content (AvgIpc) is 3.19. The average molecular weight is 433 g/mol. The molecule has 0 aromatic heterocycles. The molecule has 1 fully saturated rings. The summed E-state index contributed by atoms with van der Waals surface area (Å²) in [5.74, 6) is 3.04. The van der Waals surface area contributed by atoms with Gasteiger partial charge in [-0.25, -0.2) is 0 Å². The molecule has 1 saturated carbocycles. The van der Waals surface area contributed by atoms with Gasteiger partial charge in [-0.2, -0.15) is 0 Å². The van der Waals surface area contributed by atoms with E-state index < -0.39 is 0 Å². The van der Waals surface area contributed by atoms with Crippen molar-refractivity contribution in [2.24, 2.45) is 34.5 Å². The fraction of sp³-hybridized carbons (Fsp3) is 0.688. The second kappa shape index (κ2) is 9.52. The summed E-state index contributed by atoms with van der Waals surface area (Å²) in [4.78, 5) is 0. The van der Waals surface area contributed by atoms with Gasteiger partial charge in [0.1, 0.15) is 0 Å². The minimum absolute atomic E-state index is 0.371. The van der Waals surface area contributed by atoms with E-state index in [9.17, 15) is 0 Å². The maximum absolute atomic E-state index is 4.30. The summed E-state index contributed by atoms with van der Waals surface area (Å²) in [6, 6.07) is 0. The van der Waals surface area contributed by atoms with E-state index in [1.807, 2.05) is 5.57 Å². The molecule has 4 aliphatic carbocycles. The minimum Gasteiger partial charge on any atom is -0.0958 e. The van der Waals surface area contributed by atoms with Crippen LogP contribution in [0.1, 0.15) is 105 Å². The van der Waals surface area contributed by atoms with Crippen LogP contribution in [0, 0.1) is 34.5 Å². The fourth-order valence-electron chi connectivity index (χ4n) is 8.45. The number of allylic oxidation sites excluding steroid dienone is 9. The minimum atomic E-state index is 0.371. The van der Waals surface area contributed by atoms with Crippen molar-refractivity contribution in [3.05, 3.63) is 59.3 Å². The van der Waals surface area contributed by atoms with Crippen molar-refractivity contribution in [1.82, 2.24) is 0 Å². The van der Waals surface area contributed by atoms with Gasteiger partial charge in [0.05, 0.1) is 0 Å². The maximum Gasteiger partial charge on any atom is 0.00222 e. The molecule has 0 N–H and O–H groups in total. The first-order valence-corrected chi connectivity index (χ1v) is 14.0. The highest BCUT2D eigenvalue weighted by atomic mass is 14.6. The van der Waals surface area contributed by atoms with Crippen LogP contribution in [0.15, 0.2) is 59.3 Å². The van der Waals surface area contributed by atoms with Crippen LogP contribution >= 0.6 is 0 Å². The fourth-order valence-corrected chi connectivity index (χ4v) is 8.45. The first-order chi connectivity index (χ1) is 15.5. The molecule has 0 aliphatic heterocycles. The summed E-state index contributed by atoms with van der Waals surface area (Å²) in [5, 5.41) is 0. The second-order valence-corrected chi connectivity index (χ2v) is 11.5. The van der Waals surface area contributed by atoms with Crippen LogP contribution in [0.3, 0.4) is 0 Å². The predicted molar refractivity (Wildman–Crippen MR) is 141 cm³/mol. The molecule has 0 spiro atoms. The molecule has 0 nitrogen and oxygen atoms in total. The lowest BCUT2D eigenvalue weighted by Gasteiger charge is -2.53. The molecular weight excluding hydrogens is 384 g/mol. The number of hydrogen-bond donors (Lipinski definition) is 0. The molecule has 0 amide bonds. The Labute approximate surface area is 199 Å². The summed E-state index contributed by atoms with van der Waals surface area (Å²) in [6.07, 6.45) is 27.2. The topological polar surface area (TPSA) is 0 Å². The van der Waals surface area contributed by atoms with Crippen molar-refractivity contribution in [3.63, 3.8) is 0 Å². The molecule has 0 aromatic carbocycles. The van der Waals surface area contributed by atoms with Crippen LogP contribution in [0.4, 0.5) is 0 Å². The van der Waals surface area contributed by atoms with E-state index >= 15 is 0 Å². The van der Waals surface area contributed by atoms with Gasteiger partial charge in [0.25, 0.3) is 0 Å². The van der Waals surface area contributed by atoms with Crippen molar-refractivity contribution in [2.45, 2.75) is 105 Å². The van der Waals surface area contributed by atoms with Crippen LogP contribution in [0.2, 0.25) is 0 Å². The quantitative estimate of drug-likeness (QED) is 0.335. The summed E-state index contributed by atoms with van der Waals surface area (Å²) < 4.78 is 0. The zero-order valence-corrected chi connectivity index (χ0v) is 21.7. The van der Waals surface area contributed by atoms with Crippen LogP contribution in [0.25, 0.3) is 0 Å². The summed E-state index contributed by atoms with van der Waals surface area (Å²) in [7, 11) is 0. The van der Waals surface area contributed by atoms with Crippen LogP contribution < -0.4 is 0 Å². The second-order valence-electron chi connectivity index (χ2n) is 11.5. The van der Waals surface area contributed by atoms with Gasteiger partial charge in [0.15, 0.2) is 0 Å². The smallest absolute Gasteiger partial charge is 0.00222 e. The van der Waals surface area contributed by atoms with E-state index in [0.717, 1.165) is 23.7 Å². The lowest BCUT2D eigenvalue weighted by molar-refractivity contribution is 0.110. The zero-order chi connectivity index (χ0) is 22.9. The van der Waals surface area contributed by atoms with E-state index in [1.165, 1.54) is 76.2 Å². The van der Waals surface area contributed by atoms with Crippen LogP contribution in [-0.4, -0.2) is 0 Å². The molecule has 0 heteroatoms.